The molecule has 7 heteroatoms. The summed E-state index contributed by atoms with van der Waals surface area (Å²) in [5, 5.41) is 3.16. The standard InChI is InChI=1S/C16H25N5O2/c1-11(2)10-17-16-18-12(3)9-14(19-16)15(23)21-7-5-20(6-8-21)13(4)22/h9,11H,5-8,10H2,1-4H3,(H,17,18,19). The third kappa shape index (κ3) is 4.64. The molecule has 1 aromatic rings. The van der Waals surface area contributed by atoms with Crippen LogP contribution in [0.4, 0.5) is 5.95 Å². The number of nitrogens with zero attached hydrogens (tertiary/aromatic N) is 4. The SMILES string of the molecule is CC(=O)N1CCN(C(=O)c2cc(C)nc(NCC(C)C)n2)CC1. The molecule has 2 amide bonds. The molecule has 2 heterocycles. The fraction of sp³-hybridized carbons (Fsp3) is 0.625. The first-order valence-electron chi connectivity index (χ1n) is 8.01. The topological polar surface area (TPSA) is 78.4 Å². The third-order valence-electron chi connectivity index (χ3n) is 3.75. The lowest BCUT2D eigenvalue weighted by Crippen LogP contribution is -2.50. The second-order valence-electron chi connectivity index (χ2n) is 6.29. The van der Waals surface area contributed by atoms with Gasteiger partial charge in [0.2, 0.25) is 11.9 Å². The van der Waals surface area contributed by atoms with Crippen molar-refractivity contribution in [3.8, 4) is 0 Å². The normalized spacial score (nSPS) is 15.0. The van der Waals surface area contributed by atoms with E-state index in [0.717, 1.165) is 12.2 Å². The summed E-state index contributed by atoms with van der Waals surface area (Å²) in [6.07, 6.45) is 0. The third-order valence-corrected chi connectivity index (χ3v) is 3.75. The Bertz CT molecular complexity index is 580. The highest BCUT2D eigenvalue weighted by molar-refractivity contribution is 5.92. The van der Waals surface area contributed by atoms with E-state index in [4.69, 9.17) is 0 Å². The number of aromatic nitrogens is 2. The summed E-state index contributed by atoms with van der Waals surface area (Å²) in [6.45, 7) is 10.6. The van der Waals surface area contributed by atoms with Gasteiger partial charge in [0, 0.05) is 45.3 Å². The van der Waals surface area contributed by atoms with Crippen molar-refractivity contribution >= 4 is 17.8 Å². The van der Waals surface area contributed by atoms with Crippen LogP contribution >= 0.6 is 0 Å². The number of nitrogens with one attached hydrogen (secondary N) is 1. The van der Waals surface area contributed by atoms with Gasteiger partial charge in [0.15, 0.2) is 0 Å². The van der Waals surface area contributed by atoms with E-state index in [1.54, 1.807) is 22.8 Å². The van der Waals surface area contributed by atoms with Crippen LogP contribution in [0.5, 0.6) is 0 Å². The zero-order chi connectivity index (χ0) is 17.0. The van der Waals surface area contributed by atoms with Gasteiger partial charge in [-0.2, -0.15) is 0 Å². The van der Waals surface area contributed by atoms with Crippen molar-refractivity contribution in [2.45, 2.75) is 27.7 Å². The first kappa shape index (κ1) is 17.2. The molecule has 0 radical (unpaired) electrons. The summed E-state index contributed by atoms with van der Waals surface area (Å²) < 4.78 is 0. The molecule has 1 saturated heterocycles. The zero-order valence-corrected chi connectivity index (χ0v) is 14.3. The van der Waals surface area contributed by atoms with Crippen molar-refractivity contribution in [2.75, 3.05) is 38.0 Å². The molecule has 1 fully saturated rings. The molecule has 7 nitrogen and oxygen atoms in total. The second kappa shape index (κ2) is 7.39. The van der Waals surface area contributed by atoms with Gasteiger partial charge < -0.3 is 15.1 Å². The van der Waals surface area contributed by atoms with Gasteiger partial charge in [-0.3, -0.25) is 9.59 Å². The minimum Gasteiger partial charge on any atom is -0.354 e. The van der Waals surface area contributed by atoms with E-state index in [1.807, 2.05) is 6.92 Å². The van der Waals surface area contributed by atoms with Gasteiger partial charge in [-0.25, -0.2) is 9.97 Å². The highest BCUT2D eigenvalue weighted by Crippen LogP contribution is 2.11. The number of piperazine rings is 1. The maximum absolute atomic E-state index is 12.6. The molecule has 0 bridgehead atoms. The summed E-state index contributed by atoms with van der Waals surface area (Å²) in [5.74, 6) is 0.906. The Balaban J connectivity index is 2.06. The summed E-state index contributed by atoms with van der Waals surface area (Å²) in [6, 6.07) is 1.71. The maximum Gasteiger partial charge on any atom is 0.272 e. The lowest BCUT2D eigenvalue weighted by molar-refractivity contribution is -0.130. The number of aryl methyl sites for hydroxylation is 1. The Morgan fingerprint density at radius 1 is 1.17 bits per heavy atom. The molecule has 23 heavy (non-hydrogen) atoms. The Morgan fingerprint density at radius 2 is 1.78 bits per heavy atom. The Kier molecular flexibility index (Phi) is 5.52. The van der Waals surface area contributed by atoms with Crippen LogP contribution in [0.1, 0.15) is 37.0 Å². The molecule has 1 aliphatic rings. The van der Waals surface area contributed by atoms with E-state index in [-0.39, 0.29) is 11.8 Å². The predicted molar refractivity (Wildman–Crippen MR) is 88.3 cm³/mol. The molecule has 1 aromatic heterocycles. The monoisotopic (exact) mass is 319 g/mol. The molecule has 2 rings (SSSR count). The minimum absolute atomic E-state index is 0.0511. The number of carbonyl (C=O) groups excluding carboxylic acids is 2. The van der Waals surface area contributed by atoms with E-state index < -0.39 is 0 Å². The molecule has 0 saturated carbocycles. The molecule has 0 aliphatic carbocycles. The maximum atomic E-state index is 12.6. The molecular weight excluding hydrogens is 294 g/mol. The fourth-order valence-electron chi connectivity index (χ4n) is 2.44. The van der Waals surface area contributed by atoms with Crippen molar-refractivity contribution in [1.82, 2.24) is 19.8 Å². The van der Waals surface area contributed by atoms with E-state index in [9.17, 15) is 9.59 Å². The summed E-state index contributed by atoms with van der Waals surface area (Å²) in [4.78, 5) is 36.1. The molecule has 1 aliphatic heterocycles. The van der Waals surface area contributed by atoms with Gasteiger partial charge >= 0.3 is 0 Å². The number of hydrogen-bond donors (Lipinski definition) is 1. The van der Waals surface area contributed by atoms with Gasteiger partial charge in [-0.05, 0) is 18.9 Å². The number of hydrogen-bond acceptors (Lipinski definition) is 5. The minimum atomic E-state index is -0.105. The number of anilines is 1. The van der Waals surface area contributed by atoms with Gasteiger partial charge in [-0.1, -0.05) is 13.8 Å². The Labute approximate surface area is 137 Å². The van der Waals surface area contributed by atoms with Crippen LogP contribution in [0.25, 0.3) is 0 Å². The van der Waals surface area contributed by atoms with Crippen LogP contribution in [0.3, 0.4) is 0 Å². The lowest BCUT2D eigenvalue weighted by atomic mass is 10.2. The summed E-state index contributed by atoms with van der Waals surface area (Å²) in [7, 11) is 0. The van der Waals surface area contributed by atoms with Gasteiger partial charge in [0.05, 0.1) is 0 Å². The van der Waals surface area contributed by atoms with E-state index in [1.165, 1.54) is 0 Å². The number of carbonyl (C=O) groups is 2. The Hall–Kier alpha value is -2.18. The van der Waals surface area contributed by atoms with Crippen molar-refractivity contribution in [3.63, 3.8) is 0 Å². The fourth-order valence-corrected chi connectivity index (χ4v) is 2.44. The first-order chi connectivity index (χ1) is 10.9. The molecule has 0 aromatic carbocycles. The average molecular weight is 319 g/mol. The van der Waals surface area contributed by atoms with Crippen LogP contribution in [0, 0.1) is 12.8 Å². The van der Waals surface area contributed by atoms with Crippen molar-refractivity contribution in [2.24, 2.45) is 5.92 Å². The van der Waals surface area contributed by atoms with Crippen LogP contribution < -0.4 is 5.32 Å². The van der Waals surface area contributed by atoms with E-state index >= 15 is 0 Å². The summed E-state index contributed by atoms with van der Waals surface area (Å²) >= 11 is 0. The van der Waals surface area contributed by atoms with Crippen LogP contribution in [0.2, 0.25) is 0 Å². The lowest BCUT2D eigenvalue weighted by Gasteiger charge is -2.34. The van der Waals surface area contributed by atoms with Crippen LogP contribution in [-0.4, -0.2) is 64.3 Å². The molecular formula is C16H25N5O2. The van der Waals surface area contributed by atoms with Crippen molar-refractivity contribution < 1.29 is 9.59 Å². The van der Waals surface area contributed by atoms with E-state index in [0.29, 0.717) is 43.7 Å². The average Bonchev–Trinajstić information content (AvgIpc) is 2.51. The largest absolute Gasteiger partial charge is 0.354 e. The number of amides is 2. The zero-order valence-electron chi connectivity index (χ0n) is 14.3. The smallest absolute Gasteiger partial charge is 0.272 e. The number of rotatable bonds is 4. The molecule has 0 atom stereocenters. The molecule has 1 N–H and O–H groups in total. The molecule has 0 unspecified atom stereocenters. The van der Waals surface area contributed by atoms with Crippen molar-refractivity contribution in [3.05, 3.63) is 17.5 Å². The van der Waals surface area contributed by atoms with Gasteiger partial charge in [-0.15, -0.1) is 0 Å². The predicted octanol–water partition coefficient (Wildman–Crippen LogP) is 1.16. The molecule has 0 spiro atoms. The van der Waals surface area contributed by atoms with Crippen LogP contribution in [-0.2, 0) is 4.79 Å². The van der Waals surface area contributed by atoms with Gasteiger partial charge in [0.1, 0.15) is 5.69 Å². The summed E-state index contributed by atoms with van der Waals surface area (Å²) in [5.41, 5.74) is 1.16. The highest BCUT2D eigenvalue weighted by Gasteiger charge is 2.24. The highest BCUT2D eigenvalue weighted by atomic mass is 16.2. The second-order valence-corrected chi connectivity index (χ2v) is 6.29. The van der Waals surface area contributed by atoms with Crippen LogP contribution in [0.15, 0.2) is 6.07 Å². The Morgan fingerprint density at radius 3 is 2.35 bits per heavy atom. The first-order valence-corrected chi connectivity index (χ1v) is 8.01. The quantitative estimate of drug-likeness (QED) is 0.901. The van der Waals surface area contributed by atoms with Gasteiger partial charge in [0.25, 0.3) is 5.91 Å². The van der Waals surface area contributed by atoms with Crippen molar-refractivity contribution in [1.29, 1.82) is 0 Å². The molecule has 126 valence electrons. The van der Waals surface area contributed by atoms with E-state index in [2.05, 4.69) is 29.1 Å².